The summed E-state index contributed by atoms with van der Waals surface area (Å²) >= 11 is 0. The zero-order valence-electron chi connectivity index (χ0n) is 14.3. The van der Waals surface area contributed by atoms with Crippen molar-refractivity contribution in [3.05, 3.63) is 65.2 Å². The Kier molecular flexibility index (Phi) is 6.63. The van der Waals surface area contributed by atoms with Crippen LogP contribution in [0, 0.1) is 0 Å². The third kappa shape index (κ3) is 5.77. The van der Waals surface area contributed by atoms with Crippen molar-refractivity contribution < 1.29 is 22.7 Å². The second kappa shape index (κ2) is 8.71. The van der Waals surface area contributed by atoms with Crippen molar-refractivity contribution in [1.29, 1.82) is 0 Å². The van der Waals surface area contributed by atoms with Crippen LogP contribution in [-0.4, -0.2) is 11.9 Å². The highest BCUT2D eigenvalue weighted by Gasteiger charge is 2.29. The fraction of sp³-hybridized carbons (Fsp3) is 0.316. The smallest absolute Gasteiger partial charge is 0.416 e. The highest BCUT2D eigenvalue weighted by molar-refractivity contribution is 5.81. The first-order chi connectivity index (χ1) is 12.3. The van der Waals surface area contributed by atoms with Crippen LogP contribution in [0.3, 0.4) is 0 Å². The van der Waals surface area contributed by atoms with Crippen LogP contribution in [0.15, 0.2) is 48.5 Å². The molecule has 1 amide bonds. The lowest BCUT2D eigenvalue weighted by Gasteiger charge is -2.11. The normalized spacial score (nSPS) is 12.5. The summed E-state index contributed by atoms with van der Waals surface area (Å²) in [6.07, 6.45) is -3.77. The van der Waals surface area contributed by atoms with Crippen LogP contribution in [0.2, 0.25) is 0 Å². The number of hydrogen-bond donors (Lipinski definition) is 2. The van der Waals surface area contributed by atoms with Gasteiger partial charge in [-0.2, -0.15) is 13.2 Å². The van der Waals surface area contributed by atoms with Crippen molar-refractivity contribution in [1.82, 2.24) is 5.32 Å². The number of halogens is 3. The second-order valence-corrected chi connectivity index (χ2v) is 5.86. The molecule has 140 valence electrons. The van der Waals surface area contributed by atoms with Crippen LogP contribution in [-0.2, 0) is 24.1 Å². The number of rotatable bonds is 7. The van der Waals surface area contributed by atoms with Crippen LogP contribution in [0.5, 0.6) is 5.75 Å². The van der Waals surface area contributed by atoms with E-state index in [4.69, 9.17) is 10.5 Å². The number of nitrogens with two attached hydrogens (primary N) is 1. The second-order valence-electron chi connectivity index (χ2n) is 5.86. The molecule has 0 aromatic heterocycles. The predicted molar refractivity (Wildman–Crippen MR) is 92.3 cm³/mol. The molecule has 0 aliphatic heterocycles. The summed E-state index contributed by atoms with van der Waals surface area (Å²) in [4.78, 5) is 11.6. The van der Waals surface area contributed by atoms with Gasteiger partial charge in [0.25, 0.3) is 0 Å². The summed E-state index contributed by atoms with van der Waals surface area (Å²) in [5, 5.41) is 2.75. The lowest BCUT2D eigenvalue weighted by atomic mass is 10.1. The Bertz CT molecular complexity index is 713. The minimum absolute atomic E-state index is 0.166. The van der Waals surface area contributed by atoms with E-state index in [1.807, 2.05) is 6.92 Å². The van der Waals surface area contributed by atoms with Crippen LogP contribution in [0.25, 0.3) is 0 Å². The average Bonchev–Trinajstić information content (AvgIpc) is 2.64. The lowest BCUT2D eigenvalue weighted by molar-refractivity contribution is -0.137. The van der Waals surface area contributed by atoms with Crippen LogP contribution in [0.4, 0.5) is 13.2 Å². The van der Waals surface area contributed by atoms with Gasteiger partial charge in [-0.1, -0.05) is 31.2 Å². The minimum atomic E-state index is -4.34. The molecule has 0 spiro atoms. The monoisotopic (exact) mass is 366 g/mol. The molecule has 0 heterocycles. The molecule has 0 saturated heterocycles. The molecule has 4 nitrogen and oxygen atoms in total. The number of hydrogen-bond acceptors (Lipinski definition) is 3. The van der Waals surface area contributed by atoms with Crippen molar-refractivity contribution in [2.24, 2.45) is 5.73 Å². The quantitative estimate of drug-likeness (QED) is 0.786. The SMILES string of the molecule is CC[C@@H](N)C(=O)NCc1ccc(OCc2ccc(C(F)(F)F)cc2)cc1. The summed E-state index contributed by atoms with van der Waals surface area (Å²) in [6, 6.07) is 11.4. The summed E-state index contributed by atoms with van der Waals surface area (Å²) in [5.41, 5.74) is 6.49. The molecule has 0 aliphatic carbocycles. The average molecular weight is 366 g/mol. The molecule has 1 atom stereocenters. The van der Waals surface area contributed by atoms with Crippen molar-refractivity contribution in [2.45, 2.75) is 38.7 Å². The van der Waals surface area contributed by atoms with Crippen LogP contribution in [0.1, 0.15) is 30.0 Å². The zero-order chi connectivity index (χ0) is 19.2. The van der Waals surface area contributed by atoms with Gasteiger partial charge in [0.2, 0.25) is 5.91 Å². The molecule has 7 heteroatoms. The van der Waals surface area contributed by atoms with E-state index in [9.17, 15) is 18.0 Å². The van der Waals surface area contributed by atoms with Gasteiger partial charge in [0.15, 0.2) is 0 Å². The number of nitrogens with one attached hydrogen (secondary N) is 1. The Morgan fingerprint density at radius 3 is 2.19 bits per heavy atom. The Morgan fingerprint density at radius 2 is 1.65 bits per heavy atom. The van der Waals surface area contributed by atoms with E-state index < -0.39 is 17.8 Å². The van der Waals surface area contributed by atoms with E-state index in [2.05, 4.69) is 5.32 Å². The third-order valence-electron chi connectivity index (χ3n) is 3.85. The minimum Gasteiger partial charge on any atom is -0.489 e. The van der Waals surface area contributed by atoms with Gasteiger partial charge >= 0.3 is 6.18 Å². The Balaban J connectivity index is 1.84. The maximum absolute atomic E-state index is 12.5. The maximum atomic E-state index is 12.5. The van der Waals surface area contributed by atoms with Gasteiger partial charge in [0.05, 0.1) is 11.6 Å². The Hall–Kier alpha value is -2.54. The number of ether oxygens (including phenoxy) is 1. The van der Waals surface area contributed by atoms with Crippen molar-refractivity contribution in [3.63, 3.8) is 0 Å². The predicted octanol–water partition coefficient (Wildman–Crippen LogP) is 3.64. The van der Waals surface area contributed by atoms with Crippen LogP contribution >= 0.6 is 0 Å². The van der Waals surface area contributed by atoms with Gasteiger partial charge in [-0.05, 0) is 41.8 Å². The largest absolute Gasteiger partial charge is 0.489 e. The molecule has 0 saturated carbocycles. The molecular weight excluding hydrogens is 345 g/mol. The third-order valence-corrected chi connectivity index (χ3v) is 3.85. The molecule has 2 rings (SSSR count). The van der Waals surface area contributed by atoms with E-state index in [1.165, 1.54) is 12.1 Å². The Morgan fingerprint density at radius 1 is 1.08 bits per heavy atom. The highest BCUT2D eigenvalue weighted by Crippen LogP contribution is 2.29. The van der Waals surface area contributed by atoms with E-state index in [0.717, 1.165) is 17.7 Å². The van der Waals surface area contributed by atoms with Crippen LogP contribution < -0.4 is 15.8 Å². The highest BCUT2D eigenvalue weighted by atomic mass is 19.4. The number of carbonyl (C=O) groups excluding carboxylic acids is 1. The van der Waals surface area contributed by atoms with Crippen molar-refractivity contribution in [3.8, 4) is 5.75 Å². The first-order valence-corrected chi connectivity index (χ1v) is 8.20. The van der Waals surface area contributed by atoms with Gasteiger partial charge in [-0.15, -0.1) is 0 Å². The zero-order valence-corrected chi connectivity index (χ0v) is 14.3. The first kappa shape index (κ1) is 19.8. The van der Waals surface area contributed by atoms with Gasteiger partial charge in [0, 0.05) is 6.54 Å². The van der Waals surface area contributed by atoms with Gasteiger partial charge < -0.3 is 15.8 Å². The fourth-order valence-electron chi connectivity index (χ4n) is 2.17. The topological polar surface area (TPSA) is 64.4 Å². The summed E-state index contributed by atoms with van der Waals surface area (Å²) in [5.74, 6) is 0.389. The standard InChI is InChI=1S/C19H21F3N2O2/c1-2-17(23)18(25)24-11-13-5-9-16(10-6-13)26-12-14-3-7-15(8-4-14)19(20,21)22/h3-10,17H,2,11-12,23H2,1H3,(H,24,25)/t17-/m1/s1. The number of amides is 1. The molecule has 0 radical (unpaired) electrons. The number of alkyl halides is 3. The molecule has 0 bridgehead atoms. The molecule has 2 aromatic rings. The van der Waals surface area contributed by atoms with E-state index in [0.29, 0.717) is 24.3 Å². The lowest BCUT2D eigenvalue weighted by Crippen LogP contribution is -2.39. The maximum Gasteiger partial charge on any atom is 0.416 e. The Labute approximate surface area is 150 Å². The summed E-state index contributed by atoms with van der Waals surface area (Å²) < 4.78 is 43.1. The molecule has 3 N–H and O–H groups in total. The molecule has 2 aromatic carbocycles. The van der Waals surface area contributed by atoms with Crippen molar-refractivity contribution in [2.75, 3.05) is 0 Å². The first-order valence-electron chi connectivity index (χ1n) is 8.20. The molecule has 0 aliphatic rings. The number of benzene rings is 2. The van der Waals surface area contributed by atoms with E-state index >= 15 is 0 Å². The van der Waals surface area contributed by atoms with E-state index in [1.54, 1.807) is 24.3 Å². The molecular formula is C19H21F3N2O2. The summed E-state index contributed by atoms with van der Waals surface area (Å²) in [7, 11) is 0. The summed E-state index contributed by atoms with van der Waals surface area (Å²) in [6.45, 7) is 2.37. The van der Waals surface area contributed by atoms with Gasteiger partial charge in [-0.25, -0.2) is 0 Å². The van der Waals surface area contributed by atoms with E-state index in [-0.39, 0.29) is 12.5 Å². The molecule has 26 heavy (non-hydrogen) atoms. The number of carbonyl (C=O) groups is 1. The van der Waals surface area contributed by atoms with Crippen molar-refractivity contribution >= 4 is 5.91 Å². The van der Waals surface area contributed by atoms with Gasteiger partial charge in [-0.3, -0.25) is 4.79 Å². The molecule has 0 fully saturated rings. The fourth-order valence-corrected chi connectivity index (χ4v) is 2.17. The molecule has 0 unspecified atom stereocenters. The van der Waals surface area contributed by atoms with Gasteiger partial charge in [0.1, 0.15) is 12.4 Å².